The van der Waals surface area contributed by atoms with Crippen LogP contribution >= 0.6 is 0 Å². The van der Waals surface area contributed by atoms with E-state index in [1.165, 1.54) is 16.7 Å². The van der Waals surface area contributed by atoms with Crippen molar-refractivity contribution in [3.05, 3.63) is 91.0 Å². The third-order valence-corrected chi connectivity index (χ3v) is 2.45. The zero-order chi connectivity index (χ0) is 16.7. The molecule has 0 nitrogen and oxygen atoms in total. The first-order valence-corrected chi connectivity index (χ1v) is 7.34. The second-order valence-corrected chi connectivity index (χ2v) is 4.30. The van der Waals surface area contributed by atoms with Gasteiger partial charge in [0.25, 0.3) is 0 Å². The van der Waals surface area contributed by atoms with Crippen LogP contribution in [0.3, 0.4) is 0 Å². The summed E-state index contributed by atoms with van der Waals surface area (Å²) >= 11 is 0. The maximum Gasteiger partial charge on any atom is 0 e. The van der Waals surface area contributed by atoms with E-state index < -0.39 is 0 Å². The van der Waals surface area contributed by atoms with E-state index in [1.54, 1.807) is 0 Å². The summed E-state index contributed by atoms with van der Waals surface area (Å²) in [5.41, 5.74) is 4.98. The van der Waals surface area contributed by atoms with Crippen LogP contribution in [0.15, 0.2) is 74.3 Å². The van der Waals surface area contributed by atoms with Crippen molar-refractivity contribution in [2.75, 3.05) is 0 Å². The van der Waals surface area contributed by atoms with E-state index >= 15 is 0 Å². The molecule has 0 atom stereocenters. The summed E-state index contributed by atoms with van der Waals surface area (Å²) in [6.45, 7) is 20.1. The summed E-state index contributed by atoms with van der Waals surface area (Å²) in [7, 11) is 0. The van der Waals surface area contributed by atoms with Gasteiger partial charge in [0.15, 0.2) is 0 Å². The molecule has 2 rings (SSSR count). The van der Waals surface area contributed by atoms with E-state index in [-0.39, 0.29) is 18.6 Å². The van der Waals surface area contributed by atoms with Crippen LogP contribution in [0.5, 0.6) is 0 Å². The van der Waals surface area contributed by atoms with Gasteiger partial charge in [-0.15, -0.1) is 13.2 Å². The Hall–Kier alpha value is -1.50. The van der Waals surface area contributed by atoms with Gasteiger partial charge in [0, 0.05) is 18.6 Å². The normalized spacial score (nSPS) is 7.50. The molecule has 0 aromatic heterocycles. The maximum atomic E-state index is 3.87. The monoisotopic (exact) mass is 333 g/mol. The average molecular weight is 333 g/mol. The summed E-state index contributed by atoms with van der Waals surface area (Å²) in [5, 5.41) is 0. The molecule has 119 valence electrons. The Labute approximate surface area is 149 Å². The molecular formula is C21H30V. The van der Waals surface area contributed by atoms with Gasteiger partial charge in [-0.2, -0.15) is 0 Å². The van der Waals surface area contributed by atoms with Gasteiger partial charge in [0.05, 0.1) is 0 Å². The first kappa shape index (κ1) is 25.5. The molecule has 22 heavy (non-hydrogen) atoms. The largest absolute Gasteiger partial charge is 0.106 e. The second-order valence-electron chi connectivity index (χ2n) is 4.30. The molecule has 0 saturated heterocycles. The van der Waals surface area contributed by atoms with Crippen molar-refractivity contribution in [1.82, 2.24) is 0 Å². The van der Waals surface area contributed by atoms with E-state index in [0.29, 0.717) is 0 Å². The standard InChI is InChI=1S/C10H12.C7H8.C2H6.C2H4.V/c1-8(2)10-6-4-5-9(3)7-10;1-7-5-3-2-4-6-7;2*1-2;/h4-7H,1H2,2-3H3;2-6H,1H3;1-2H3;1-2H2;. The van der Waals surface area contributed by atoms with Crippen molar-refractivity contribution >= 4 is 5.57 Å². The van der Waals surface area contributed by atoms with Crippen LogP contribution < -0.4 is 0 Å². The van der Waals surface area contributed by atoms with Crippen LogP contribution in [0.1, 0.15) is 37.5 Å². The summed E-state index contributed by atoms with van der Waals surface area (Å²) in [5.74, 6) is 0. The molecule has 1 radical (unpaired) electrons. The smallest absolute Gasteiger partial charge is 0 e. The third-order valence-electron chi connectivity index (χ3n) is 2.45. The Bertz CT molecular complexity index is 486. The van der Waals surface area contributed by atoms with Gasteiger partial charge in [-0.05, 0) is 26.3 Å². The van der Waals surface area contributed by atoms with Gasteiger partial charge >= 0.3 is 0 Å². The number of hydrogen-bond acceptors (Lipinski definition) is 0. The topological polar surface area (TPSA) is 0 Å². The molecular weight excluding hydrogens is 303 g/mol. The zero-order valence-corrected chi connectivity index (χ0v) is 16.2. The molecule has 0 saturated carbocycles. The molecule has 0 fully saturated rings. The first-order chi connectivity index (χ1) is 10.1. The number of hydrogen-bond donors (Lipinski definition) is 0. The minimum absolute atomic E-state index is 0. The van der Waals surface area contributed by atoms with Crippen LogP contribution in [-0.4, -0.2) is 0 Å². The van der Waals surface area contributed by atoms with Gasteiger partial charge in [0.2, 0.25) is 0 Å². The van der Waals surface area contributed by atoms with Crippen molar-refractivity contribution < 1.29 is 18.6 Å². The van der Waals surface area contributed by atoms with Gasteiger partial charge in [-0.25, -0.2) is 0 Å². The molecule has 2 aromatic rings. The summed E-state index contributed by atoms with van der Waals surface area (Å²) in [6.07, 6.45) is 0. The molecule has 0 unspecified atom stereocenters. The average Bonchev–Trinajstić information content (AvgIpc) is 2.53. The summed E-state index contributed by atoms with van der Waals surface area (Å²) in [6, 6.07) is 18.6. The first-order valence-electron chi connectivity index (χ1n) is 7.34. The van der Waals surface area contributed by atoms with E-state index in [1.807, 2.05) is 39.0 Å². The Balaban J connectivity index is -0.000000266. The number of allylic oxidation sites excluding steroid dienone is 1. The molecule has 1 heteroatoms. The molecule has 0 aliphatic rings. The van der Waals surface area contributed by atoms with Gasteiger partial charge in [-0.1, -0.05) is 91.7 Å². The third kappa shape index (κ3) is 13.5. The van der Waals surface area contributed by atoms with E-state index in [9.17, 15) is 0 Å². The number of benzene rings is 2. The fourth-order valence-electron chi connectivity index (χ4n) is 1.44. The molecule has 0 aliphatic heterocycles. The van der Waals surface area contributed by atoms with Crippen LogP contribution in [0.2, 0.25) is 0 Å². The van der Waals surface area contributed by atoms with Gasteiger partial charge in [-0.3, -0.25) is 0 Å². The predicted molar refractivity (Wildman–Crippen MR) is 99.7 cm³/mol. The van der Waals surface area contributed by atoms with Crippen molar-refractivity contribution in [2.45, 2.75) is 34.6 Å². The molecule has 0 amide bonds. The van der Waals surface area contributed by atoms with Crippen LogP contribution in [-0.2, 0) is 18.6 Å². The SMILES string of the molecule is C=C.C=C(C)c1cccc(C)c1.CC.Cc1ccccc1.[V]. The summed E-state index contributed by atoms with van der Waals surface area (Å²) < 4.78 is 0. The van der Waals surface area contributed by atoms with E-state index in [2.05, 4.69) is 70.0 Å². The minimum atomic E-state index is 0. The zero-order valence-electron chi connectivity index (χ0n) is 14.8. The van der Waals surface area contributed by atoms with Gasteiger partial charge < -0.3 is 0 Å². The van der Waals surface area contributed by atoms with Gasteiger partial charge in [0.1, 0.15) is 0 Å². The molecule has 0 N–H and O–H groups in total. The van der Waals surface area contributed by atoms with E-state index in [0.717, 1.165) is 5.57 Å². The maximum absolute atomic E-state index is 3.87. The van der Waals surface area contributed by atoms with Crippen molar-refractivity contribution in [3.8, 4) is 0 Å². The number of rotatable bonds is 1. The Morgan fingerprint density at radius 2 is 1.23 bits per heavy atom. The fraction of sp³-hybridized carbons (Fsp3) is 0.238. The van der Waals surface area contributed by atoms with Crippen molar-refractivity contribution in [1.29, 1.82) is 0 Å². The fourth-order valence-corrected chi connectivity index (χ4v) is 1.44. The number of aryl methyl sites for hydroxylation is 2. The van der Waals surface area contributed by atoms with Crippen molar-refractivity contribution in [2.24, 2.45) is 0 Å². The predicted octanol–water partition coefficient (Wildman–Crippen LogP) is 6.85. The van der Waals surface area contributed by atoms with Crippen molar-refractivity contribution in [3.63, 3.8) is 0 Å². The Kier molecular flexibility index (Phi) is 20.3. The minimum Gasteiger partial charge on any atom is -0.106 e. The molecule has 0 heterocycles. The molecule has 0 spiro atoms. The van der Waals surface area contributed by atoms with E-state index in [4.69, 9.17) is 0 Å². The van der Waals surface area contributed by atoms with Crippen LogP contribution in [0.25, 0.3) is 5.57 Å². The molecule has 2 aromatic carbocycles. The molecule has 0 aliphatic carbocycles. The summed E-state index contributed by atoms with van der Waals surface area (Å²) in [4.78, 5) is 0. The van der Waals surface area contributed by atoms with Crippen LogP contribution in [0, 0.1) is 13.8 Å². The Morgan fingerprint density at radius 1 is 0.773 bits per heavy atom. The quantitative estimate of drug-likeness (QED) is 0.501. The Morgan fingerprint density at radius 3 is 1.50 bits per heavy atom. The molecule has 0 bridgehead atoms. The second kappa shape index (κ2) is 17.6. The van der Waals surface area contributed by atoms with Crippen LogP contribution in [0.4, 0.5) is 0 Å².